The third-order valence-corrected chi connectivity index (χ3v) is 4.14. The minimum atomic E-state index is -0.0791. The van der Waals surface area contributed by atoms with Gasteiger partial charge in [0.25, 0.3) is 0 Å². The van der Waals surface area contributed by atoms with Crippen LogP contribution < -0.4 is 15.0 Å². The highest BCUT2D eigenvalue weighted by molar-refractivity contribution is 5.96. The first-order valence-electron chi connectivity index (χ1n) is 7.90. The maximum Gasteiger partial charge on any atom is 0.228 e. The Bertz CT molecular complexity index is 786. The van der Waals surface area contributed by atoms with Crippen molar-refractivity contribution in [1.29, 1.82) is 0 Å². The van der Waals surface area contributed by atoms with Crippen LogP contribution in [0.2, 0.25) is 0 Å². The van der Waals surface area contributed by atoms with Crippen molar-refractivity contribution in [3.05, 3.63) is 53.6 Å². The molecule has 0 fully saturated rings. The topological polar surface area (TPSA) is 58.6 Å². The second-order valence-electron chi connectivity index (χ2n) is 5.84. The zero-order valence-corrected chi connectivity index (χ0v) is 13.8. The molecular weight excluding hydrogens is 304 g/mol. The van der Waals surface area contributed by atoms with Gasteiger partial charge in [0.05, 0.1) is 13.5 Å². The molecule has 0 aromatic heterocycles. The van der Waals surface area contributed by atoms with Gasteiger partial charge in [-0.05, 0) is 47.9 Å². The van der Waals surface area contributed by atoms with E-state index in [4.69, 9.17) is 4.74 Å². The van der Waals surface area contributed by atoms with E-state index >= 15 is 0 Å². The van der Waals surface area contributed by atoms with Gasteiger partial charge in [0.1, 0.15) is 5.75 Å². The third kappa shape index (κ3) is 3.40. The average Bonchev–Trinajstić information content (AvgIpc) is 2.98. The van der Waals surface area contributed by atoms with E-state index in [2.05, 4.69) is 5.32 Å². The minimum absolute atomic E-state index is 0.0450. The van der Waals surface area contributed by atoms with Gasteiger partial charge >= 0.3 is 0 Å². The number of rotatable bonds is 4. The van der Waals surface area contributed by atoms with Crippen LogP contribution in [0.1, 0.15) is 18.1 Å². The fourth-order valence-corrected chi connectivity index (χ4v) is 2.98. The first kappa shape index (κ1) is 16.1. The van der Waals surface area contributed by atoms with E-state index in [1.54, 1.807) is 18.9 Å². The van der Waals surface area contributed by atoms with Gasteiger partial charge in [-0.15, -0.1) is 0 Å². The molecule has 0 atom stereocenters. The van der Waals surface area contributed by atoms with Gasteiger partial charge in [-0.2, -0.15) is 0 Å². The molecule has 1 N–H and O–H groups in total. The first-order valence-corrected chi connectivity index (χ1v) is 7.90. The lowest BCUT2D eigenvalue weighted by Crippen LogP contribution is -2.25. The summed E-state index contributed by atoms with van der Waals surface area (Å²) in [4.78, 5) is 25.6. The van der Waals surface area contributed by atoms with Crippen LogP contribution in [0.25, 0.3) is 0 Å². The Kier molecular flexibility index (Phi) is 4.51. The zero-order valence-electron chi connectivity index (χ0n) is 13.8. The van der Waals surface area contributed by atoms with E-state index in [1.807, 2.05) is 42.5 Å². The molecule has 1 heterocycles. The highest BCUT2D eigenvalue weighted by atomic mass is 16.5. The highest BCUT2D eigenvalue weighted by Gasteiger charge is 2.22. The highest BCUT2D eigenvalue weighted by Crippen LogP contribution is 2.30. The van der Waals surface area contributed by atoms with Crippen LogP contribution in [0.3, 0.4) is 0 Å². The van der Waals surface area contributed by atoms with Gasteiger partial charge in [-0.3, -0.25) is 9.59 Å². The molecule has 0 aliphatic carbocycles. The van der Waals surface area contributed by atoms with Gasteiger partial charge in [0, 0.05) is 24.8 Å². The standard InChI is InChI=1S/C19H20N2O3/c1-13(22)21-9-8-15-12-16(6-7-18(15)21)20-19(23)11-14-4-3-5-17(10-14)24-2/h3-7,10,12H,8-9,11H2,1-2H3,(H,20,23). The number of carbonyl (C=O) groups excluding carboxylic acids is 2. The molecule has 2 amide bonds. The van der Waals surface area contributed by atoms with Gasteiger partial charge in [-0.1, -0.05) is 12.1 Å². The Morgan fingerprint density at radius 3 is 2.79 bits per heavy atom. The van der Waals surface area contributed by atoms with Crippen LogP contribution in [0.5, 0.6) is 5.75 Å². The van der Waals surface area contributed by atoms with Crippen LogP contribution in [-0.4, -0.2) is 25.5 Å². The van der Waals surface area contributed by atoms with E-state index in [-0.39, 0.29) is 18.2 Å². The summed E-state index contributed by atoms with van der Waals surface area (Å²) < 4.78 is 5.17. The number of nitrogens with one attached hydrogen (secondary N) is 1. The number of fused-ring (bicyclic) bond motifs is 1. The van der Waals surface area contributed by atoms with Gasteiger partial charge in [0.2, 0.25) is 11.8 Å². The summed E-state index contributed by atoms with van der Waals surface area (Å²) in [5, 5.41) is 2.92. The lowest BCUT2D eigenvalue weighted by atomic mass is 10.1. The number of anilines is 2. The van der Waals surface area contributed by atoms with Crippen molar-refractivity contribution in [2.45, 2.75) is 19.8 Å². The molecule has 124 valence electrons. The molecule has 0 saturated heterocycles. The Balaban J connectivity index is 1.68. The number of carbonyl (C=O) groups is 2. The fourth-order valence-electron chi connectivity index (χ4n) is 2.98. The molecule has 0 radical (unpaired) electrons. The normalized spacial score (nSPS) is 12.7. The molecule has 2 aromatic rings. The average molecular weight is 324 g/mol. The van der Waals surface area contributed by atoms with E-state index in [1.165, 1.54) is 0 Å². The SMILES string of the molecule is COc1cccc(CC(=O)Nc2ccc3c(c2)CCN3C(C)=O)c1. The lowest BCUT2D eigenvalue weighted by Gasteiger charge is -2.15. The first-order chi connectivity index (χ1) is 11.6. The number of nitrogens with zero attached hydrogens (tertiary/aromatic N) is 1. The number of hydrogen-bond donors (Lipinski definition) is 1. The number of amides is 2. The monoisotopic (exact) mass is 324 g/mol. The van der Waals surface area contributed by atoms with Crippen LogP contribution in [0.15, 0.2) is 42.5 Å². The van der Waals surface area contributed by atoms with Crippen molar-refractivity contribution >= 4 is 23.2 Å². The van der Waals surface area contributed by atoms with Crippen molar-refractivity contribution in [2.24, 2.45) is 0 Å². The molecule has 1 aliphatic rings. The number of benzene rings is 2. The molecule has 0 unspecified atom stereocenters. The molecule has 0 saturated carbocycles. The van der Waals surface area contributed by atoms with Crippen molar-refractivity contribution < 1.29 is 14.3 Å². The molecule has 5 heteroatoms. The second kappa shape index (κ2) is 6.74. The van der Waals surface area contributed by atoms with Crippen molar-refractivity contribution in [2.75, 3.05) is 23.9 Å². The van der Waals surface area contributed by atoms with Crippen molar-refractivity contribution in [1.82, 2.24) is 0 Å². The van der Waals surface area contributed by atoms with Crippen LogP contribution >= 0.6 is 0 Å². The Labute approximate surface area is 141 Å². The molecule has 1 aliphatic heterocycles. The maximum absolute atomic E-state index is 12.2. The summed E-state index contributed by atoms with van der Waals surface area (Å²) >= 11 is 0. The quantitative estimate of drug-likeness (QED) is 0.941. The smallest absolute Gasteiger partial charge is 0.228 e. The number of hydrogen-bond acceptors (Lipinski definition) is 3. The molecule has 5 nitrogen and oxygen atoms in total. The minimum Gasteiger partial charge on any atom is -0.497 e. The van der Waals surface area contributed by atoms with Gasteiger partial charge in [0.15, 0.2) is 0 Å². The van der Waals surface area contributed by atoms with E-state index in [9.17, 15) is 9.59 Å². The summed E-state index contributed by atoms with van der Waals surface area (Å²) in [6.07, 6.45) is 1.10. The summed E-state index contributed by atoms with van der Waals surface area (Å²) in [6, 6.07) is 13.1. The Morgan fingerprint density at radius 1 is 1.21 bits per heavy atom. The van der Waals surface area contributed by atoms with Crippen molar-refractivity contribution in [3.8, 4) is 5.75 Å². The predicted molar refractivity (Wildman–Crippen MR) is 93.5 cm³/mol. The number of methoxy groups -OCH3 is 1. The van der Waals surface area contributed by atoms with E-state index in [0.717, 1.165) is 34.7 Å². The molecule has 0 spiro atoms. The van der Waals surface area contributed by atoms with Crippen LogP contribution in [-0.2, 0) is 22.4 Å². The molecule has 3 rings (SSSR count). The third-order valence-electron chi connectivity index (χ3n) is 4.14. The van der Waals surface area contributed by atoms with E-state index in [0.29, 0.717) is 6.54 Å². The molecule has 24 heavy (non-hydrogen) atoms. The molecule has 2 aromatic carbocycles. The fraction of sp³-hybridized carbons (Fsp3) is 0.263. The van der Waals surface area contributed by atoms with E-state index < -0.39 is 0 Å². The maximum atomic E-state index is 12.2. The van der Waals surface area contributed by atoms with Crippen LogP contribution in [0, 0.1) is 0 Å². The van der Waals surface area contributed by atoms with Crippen molar-refractivity contribution in [3.63, 3.8) is 0 Å². The van der Waals surface area contributed by atoms with Crippen LogP contribution in [0.4, 0.5) is 11.4 Å². The largest absolute Gasteiger partial charge is 0.497 e. The summed E-state index contributed by atoms with van der Waals surface area (Å²) in [7, 11) is 1.61. The lowest BCUT2D eigenvalue weighted by molar-refractivity contribution is -0.117. The summed E-state index contributed by atoms with van der Waals surface area (Å²) in [5.74, 6) is 0.704. The Morgan fingerprint density at radius 2 is 2.04 bits per heavy atom. The van der Waals surface area contributed by atoms with Gasteiger partial charge in [-0.25, -0.2) is 0 Å². The predicted octanol–water partition coefficient (Wildman–Crippen LogP) is 2.79. The van der Waals surface area contributed by atoms with Gasteiger partial charge < -0.3 is 15.0 Å². The molecule has 0 bridgehead atoms. The summed E-state index contributed by atoms with van der Waals surface area (Å²) in [5.41, 5.74) is 3.68. The number of ether oxygens (including phenoxy) is 1. The zero-order chi connectivity index (χ0) is 17.1. The molecular formula is C19H20N2O3. The second-order valence-corrected chi connectivity index (χ2v) is 5.84. The summed E-state index contributed by atoms with van der Waals surface area (Å²) in [6.45, 7) is 2.27. The Hall–Kier alpha value is -2.82.